The van der Waals surface area contributed by atoms with E-state index < -0.39 is 0 Å². The van der Waals surface area contributed by atoms with Crippen LogP contribution in [0.3, 0.4) is 0 Å². The highest BCUT2D eigenvalue weighted by Crippen LogP contribution is 2.27. The number of nitrogens with zero attached hydrogens (tertiary/aromatic N) is 2. The molecule has 5 heteroatoms. The Labute approximate surface area is 127 Å². The minimum Gasteiger partial charge on any atom is -0.341 e. The second-order valence-corrected chi connectivity index (χ2v) is 7.18. The summed E-state index contributed by atoms with van der Waals surface area (Å²) in [6.07, 6.45) is 5.68. The molecule has 2 rings (SSSR count). The molecule has 0 aromatic rings. The van der Waals surface area contributed by atoms with Crippen molar-refractivity contribution in [1.29, 1.82) is 0 Å². The summed E-state index contributed by atoms with van der Waals surface area (Å²) < 4.78 is 0. The Bertz CT molecular complexity index is 395. The molecule has 120 valence electrons. The van der Waals surface area contributed by atoms with Crippen molar-refractivity contribution < 1.29 is 9.59 Å². The fourth-order valence-electron chi connectivity index (χ4n) is 3.23. The van der Waals surface area contributed by atoms with Gasteiger partial charge in [0.2, 0.25) is 11.8 Å². The summed E-state index contributed by atoms with van der Waals surface area (Å²) in [7, 11) is 0. The molecule has 1 atom stereocenters. The van der Waals surface area contributed by atoms with E-state index >= 15 is 0 Å². The summed E-state index contributed by atoms with van der Waals surface area (Å²) in [5.74, 6) is 0.208. The Morgan fingerprint density at radius 3 is 2.67 bits per heavy atom. The third-order valence-corrected chi connectivity index (χ3v) is 4.91. The number of rotatable bonds is 2. The maximum atomic E-state index is 12.5. The monoisotopic (exact) mass is 295 g/mol. The molecule has 5 nitrogen and oxygen atoms in total. The predicted octanol–water partition coefficient (Wildman–Crippen LogP) is 1.36. The van der Waals surface area contributed by atoms with Crippen LogP contribution in [0.1, 0.15) is 52.4 Å². The molecule has 0 radical (unpaired) electrons. The number of carbonyl (C=O) groups is 2. The van der Waals surface area contributed by atoms with Gasteiger partial charge in [0, 0.05) is 32.1 Å². The molecule has 21 heavy (non-hydrogen) atoms. The summed E-state index contributed by atoms with van der Waals surface area (Å²) in [6.45, 7) is 6.59. The lowest BCUT2D eigenvalue weighted by molar-refractivity contribution is -0.142. The fraction of sp³-hybridized carbons (Fsp3) is 0.875. The molecule has 0 saturated carbocycles. The number of hydrogen-bond acceptors (Lipinski definition) is 3. The van der Waals surface area contributed by atoms with Gasteiger partial charge < -0.3 is 15.5 Å². The Morgan fingerprint density at radius 2 is 1.95 bits per heavy atom. The van der Waals surface area contributed by atoms with Crippen molar-refractivity contribution in [3.63, 3.8) is 0 Å². The van der Waals surface area contributed by atoms with Gasteiger partial charge in [-0.05, 0) is 24.7 Å². The first-order chi connectivity index (χ1) is 9.90. The van der Waals surface area contributed by atoms with Crippen LogP contribution in [-0.2, 0) is 9.59 Å². The summed E-state index contributed by atoms with van der Waals surface area (Å²) in [5.41, 5.74) is 6.07. The quantitative estimate of drug-likeness (QED) is 0.836. The summed E-state index contributed by atoms with van der Waals surface area (Å²) >= 11 is 0. The van der Waals surface area contributed by atoms with E-state index in [4.69, 9.17) is 5.73 Å². The van der Waals surface area contributed by atoms with Crippen LogP contribution >= 0.6 is 0 Å². The van der Waals surface area contributed by atoms with E-state index in [2.05, 4.69) is 13.8 Å². The second-order valence-electron chi connectivity index (χ2n) is 7.18. The maximum absolute atomic E-state index is 12.5. The van der Waals surface area contributed by atoms with E-state index in [9.17, 15) is 9.59 Å². The Balaban J connectivity index is 1.92. The van der Waals surface area contributed by atoms with Crippen molar-refractivity contribution >= 4 is 11.8 Å². The molecule has 2 aliphatic heterocycles. The van der Waals surface area contributed by atoms with Crippen molar-refractivity contribution in [2.75, 3.05) is 26.2 Å². The van der Waals surface area contributed by atoms with Crippen molar-refractivity contribution in [3.8, 4) is 0 Å². The average Bonchev–Trinajstić information content (AvgIpc) is 2.41. The highest BCUT2D eigenvalue weighted by molar-refractivity contribution is 5.85. The fourth-order valence-corrected chi connectivity index (χ4v) is 3.23. The smallest absolute Gasteiger partial charge is 0.242 e. The summed E-state index contributed by atoms with van der Waals surface area (Å²) in [4.78, 5) is 28.2. The SMILES string of the molecule is CC1(C)CN(C(=O)CN2CCCCCCC2=O)CCC1N. The van der Waals surface area contributed by atoms with E-state index in [0.717, 1.165) is 38.6 Å². The van der Waals surface area contributed by atoms with E-state index in [1.54, 1.807) is 4.90 Å². The lowest BCUT2D eigenvalue weighted by atomic mass is 9.79. The van der Waals surface area contributed by atoms with Crippen molar-refractivity contribution in [3.05, 3.63) is 0 Å². The molecular formula is C16H29N3O2. The first-order valence-electron chi connectivity index (χ1n) is 8.21. The van der Waals surface area contributed by atoms with E-state index in [-0.39, 0.29) is 29.8 Å². The van der Waals surface area contributed by atoms with Crippen LogP contribution in [0.25, 0.3) is 0 Å². The van der Waals surface area contributed by atoms with Gasteiger partial charge in [0.15, 0.2) is 0 Å². The minimum absolute atomic E-state index is 0.0474. The van der Waals surface area contributed by atoms with Gasteiger partial charge in [-0.2, -0.15) is 0 Å². The van der Waals surface area contributed by atoms with Crippen LogP contribution in [0.2, 0.25) is 0 Å². The first-order valence-corrected chi connectivity index (χ1v) is 8.21. The van der Waals surface area contributed by atoms with Crippen molar-refractivity contribution in [1.82, 2.24) is 9.80 Å². The molecule has 0 aliphatic carbocycles. The molecule has 2 heterocycles. The van der Waals surface area contributed by atoms with Crippen LogP contribution in [0, 0.1) is 5.41 Å². The third kappa shape index (κ3) is 4.19. The third-order valence-electron chi connectivity index (χ3n) is 4.91. The average molecular weight is 295 g/mol. The number of hydrogen-bond donors (Lipinski definition) is 1. The summed E-state index contributed by atoms with van der Waals surface area (Å²) in [5, 5.41) is 0. The van der Waals surface area contributed by atoms with Gasteiger partial charge >= 0.3 is 0 Å². The van der Waals surface area contributed by atoms with Gasteiger partial charge in [0.05, 0.1) is 6.54 Å². The molecular weight excluding hydrogens is 266 g/mol. The van der Waals surface area contributed by atoms with Gasteiger partial charge in [-0.15, -0.1) is 0 Å². The van der Waals surface area contributed by atoms with Crippen molar-refractivity contribution in [2.45, 2.75) is 58.4 Å². The van der Waals surface area contributed by atoms with Gasteiger partial charge in [-0.25, -0.2) is 0 Å². The van der Waals surface area contributed by atoms with Crippen LogP contribution < -0.4 is 5.73 Å². The highest BCUT2D eigenvalue weighted by atomic mass is 16.2. The molecule has 2 aliphatic rings. The largest absolute Gasteiger partial charge is 0.341 e. The van der Waals surface area contributed by atoms with Gasteiger partial charge in [-0.3, -0.25) is 9.59 Å². The van der Waals surface area contributed by atoms with E-state index in [1.165, 1.54) is 0 Å². The zero-order chi connectivity index (χ0) is 15.5. The van der Waals surface area contributed by atoms with E-state index in [0.29, 0.717) is 19.5 Å². The molecule has 0 bridgehead atoms. The zero-order valence-corrected chi connectivity index (χ0v) is 13.4. The van der Waals surface area contributed by atoms with Crippen molar-refractivity contribution in [2.24, 2.45) is 11.1 Å². The van der Waals surface area contributed by atoms with Gasteiger partial charge in [0.1, 0.15) is 0 Å². The number of likely N-dealkylation sites (tertiary alicyclic amines) is 2. The number of carbonyl (C=O) groups excluding carboxylic acids is 2. The van der Waals surface area contributed by atoms with Gasteiger partial charge in [-0.1, -0.05) is 26.7 Å². The minimum atomic E-state index is -0.0474. The van der Waals surface area contributed by atoms with Crippen LogP contribution in [-0.4, -0.2) is 53.8 Å². The first kappa shape index (κ1) is 16.3. The van der Waals surface area contributed by atoms with E-state index in [1.807, 2.05) is 4.90 Å². The molecule has 1 unspecified atom stereocenters. The molecule has 0 aromatic heterocycles. The molecule has 2 saturated heterocycles. The zero-order valence-electron chi connectivity index (χ0n) is 13.4. The lowest BCUT2D eigenvalue weighted by Crippen LogP contribution is -2.55. The Hall–Kier alpha value is -1.10. The normalized spacial score (nSPS) is 27.2. The second kappa shape index (κ2) is 6.77. The Morgan fingerprint density at radius 1 is 1.24 bits per heavy atom. The van der Waals surface area contributed by atoms with Crippen LogP contribution in [0.15, 0.2) is 0 Å². The molecule has 2 fully saturated rings. The van der Waals surface area contributed by atoms with Gasteiger partial charge in [0.25, 0.3) is 0 Å². The van der Waals surface area contributed by atoms with Crippen LogP contribution in [0.4, 0.5) is 0 Å². The maximum Gasteiger partial charge on any atom is 0.242 e. The highest BCUT2D eigenvalue weighted by Gasteiger charge is 2.35. The standard InChI is InChI=1S/C16H29N3O2/c1-16(2)12-19(10-8-13(16)17)15(21)11-18-9-6-4-3-5-7-14(18)20/h13H,3-12,17H2,1-2H3. The topological polar surface area (TPSA) is 66.6 Å². The number of nitrogens with two attached hydrogens (primary N) is 1. The predicted molar refractivity (Wildman–Crippen MR) is 82.6 cm³/mol. The summed E-state index contributed by atoms with van der Waals surface area (Å²) in [6, 6.07) is 0.143. The molecule has 0 spiro atoms. The number of amides is 2. The Kier molecular flexibility index (Phi) is 5.25. The number of piperidine rings is 1. The molecule has 0 aromatic carbocycles. The lowest BCUT2D eigenvalue weighted by Gasteiger charge is -2.43. The molecule has 2 N–H and O–H groups in total. The molecule has 2 amide bonds. The van der Waals surface area contributed by atoms with Crippen LogP contribution in [0.5, 0.6) is 0 Å².